The van der Waals surface area contributed by atoms with Crippen LogP contribution in [0.4, 0.5) is 0 Å². The van der Waals surface area contributed by atoms with Crippen LogP contribution in [0.3, 0.4) is 0 Å². The molecule has 7 heteroatoms. The lowest BCUT2D eigenvalue weighted by atomic mass is 10.1. The van der Waals surface area contributed by atoms with Gasteiger partial charge in [-0.25, -0.2) is 8.42 Å². The topological polar surface area (TPSA) is 69.7 Å². The molecule has 6 nitrogen and oxygen atoms in total. The van der Waals surface area contributed by atoms with Crippen LogP contribution in [0, 0.1) is 0 Å². The summed E-state index contributed by atoms with van der Waals surface area (Å²) < 4.78 is 27.3. The molecular weight excluding hydrogens is 338 g/mol. The zero-order valence-electron chi connectivity index (χ0n) is 14.4. The Balaban J connectivity index is 1.60. The predicted molar refractivity (Wildman–Crippen MR) is 96.9 cm³/mol. The number of piperazine rings is 1. The van der Waals surface area contributed by atoms with Crippen LogP contribution in [-0.4, -0.2) is 62.8 Å². The maximum Gasteiger partial charge on any atom is 0.243 e. The summed E-state index contributed by atoms with van der Waals surface area (Å²) in [6.45, 7) is 6.25. The average Bonchev–Trinajstić information content (AvgIpc) is 3.08. The fraction of sp³-hybridized carbons (Fsp3) is 0.500. The second-order valence-electron chi connectivity index (χ2n) is 6.56. The van der Waals surface area contributed by atoms with Crippen molar-refractivity contribution in [2.45, 2.75) is 24.2 Å². The highest BCUT2D eigenvalue weighted by atomic mass is 32.2. The molecule has 1 aliphatic carbocycles. The monoisotopic (exact) mass is 363 g/mol. The number of sulfonamides is 1. The van der Waals surface area contributed by atoms with E-state index in [9.17, 15) is 13.2 Å². The van der Waals surface area contributed by atoms with Crippen LogP contribution in [0.25, 0.3) is 0 Å². The molecule has 0 unspecified atom stereocenters. The second kappa shape index (κ2) is 7.68. The molecule has 0 spiro atoms. The number of hydrogen-bond acceptors (Lipinski definition) is 4. The third-order valence-electron chi connectivity index (χ3n) is 4.85. The minimum Gasteiger partial charge on any atom is -0.352 e. The van der Waals surface area contributed by atoms with Gasteiger partial charge >= 0.3 is 0 Å². The lowest BCUT2D eigenvalue weighted by Gasteiger charge is -2.33. The fourth-order valence-electron chi connectivity index (χ4n) is 3.43. The van der Waals surface area contributed by atoms with Crippen LogP contribution in [0.5, 0.6) is 0 Å². The first-order valence-electron chi connectivity index (χ1n) is 8.72. The summed E-state index contributed by atoms with van der Waals surface area (Å²) in [5.41, 5.74) is 2.44. The standard InChI is InChI=1S/C18H25N3O3S/c1-2-8-19-18(22)14-20-9-11-21(12-10-20)25(23,24)17-7-6-15-4-3-5-16(15)13-17/h2,6-7,13H,1,3-5,8-12,14H2,(H,19,22). The van der Waals surface area contributed by atoms with Crippen LogP contribution >= 0.6 is 0 Å². The Morgan fingerprint density at radius 2 is 1.88 bits per heavy atom. The molecular formula is C18H25N3O3S. The van der Waals surface area contributed by atoms with E-state index in [4.69, 9.17) is 0 Å². The SMILES string of the molecule is C=CCNC(=O)CN1CCN(S(=O)(=O)c2ccc3c(c2)CCC3)CC1. The quantitative estimate of drug-likeness (QED) is 0.759. The molecule has 0 aromatic heterocycles. The first kappa shape index (κ1) is 18.1. The summed E-state index contributed by atoms with van der Waals surface area (Å²) in [7, 11) is -3.46. The Kier molecular flexibility index (Phi) is 5.56. The molecule has 1 aromatic carbocycles. The van der Waals surface area contributed by atoms with Crippen molar-refractivity contribution < 1.29 is 13.2 Å². The normalized spacial score (nSPS) is 18.7. The summed E-state index contributed by atoms with van der Waals surface area (Å²) in [5, 5.41) is 2.74. The van der Waals surface area contributed by atoms with Crippen LogP contribution in [-0.2, 0) is 27.7 Å². The Morgan fingerprint density at radius 3 is 2.60 bits per heavy atom. The van der Waals surface area contributed by atoms with Crippen molar-refractivity contribution in [2.24, 2.45) is 0 Å². The Hall–Kier alpha value is -1.70. The number of benzene rings is 1. The molecule has 1 heterocycles. The van der Waals surface area contributed by atoms with Gasteiger partial charge in [0.15, 0.2) is 0 Å². The van der Waals surface area contributed by atoms with E-state index in [2.05, 4.69) is 11.9 Å². The Morgan fingerprint density at radius 1 is 1.16 bits per heavy atom. The highest BCUT2D eigenvalue weighted by Crippen LogP contribution is 2.26. The minimum absolute atomic E-state index is 0.0603. The fourth-order valence-corrected chi connectivity index (χ4v) is 4.90. The molecule has 25 heavy (non-hydrogen) atoms. The van der Waals surface area contributed by atoms with Gasteiger partial charge < -0.3 is 5.32 Å². The number of fused-ring (bicyclic) bond motifs is 1. The van der Waals surface area contributed by atoms with Gasteiger partial charge in [0.25, 0.3) is 0 Å². The van der Waals surface area contributed by atoms with E-state index in [1.165, 1.54) is 15.4 Å². The van der Waals surface area contributed by atoms with Gasteiger partial charge in [0.05, 0.1) is 11.4 Å². The van der Waals surface area contributed by atoms with E-state index in [0.717, 1.165) is 19.3 Å². The van der Waals surface area contributed by atoms with Crippen molar-refractivity contribution in [3.8, 4) is 0 Å². The number of amides is 1. The number of hydrogen-bond donors (Lipinski definition) is 1. The molecule has 1 aromatic rings. The highest BCUT2D eigenvalue weighted by molar-refractivity contribution is 7.89. The molecule has 136 valence electrons. The van der Waals surface area contributed by atoms with Crippen molar-refractivity contribution in [1.29, 1.82) is 0 Å². The van der Waals surface area contributed by atoms with E-state index in [0.29, 0.717) is 44.2 Å². The van der Waals surface area contributed by atoms with E-state index in [1.807, 2.05) is 17.0 Å². The highest BCUT2D eigenvalue weighted by Gasteiger charge is 2.29. The lowest BCUT2D eigenvalue weighted by Crippen LogP contribution is -2.51. The van der Waals surface area contributed by atoms with Crippen molar-refractivity contribution in [3.05, 3.63) is 42.0 Å². The zero-order valence-corrected chi connectivity index (χ0v) is 15.2. The maximum absolute atomic E-state index is 12.9. The van der Waals surface area contributed by atoms with Crippen molar-refractivity contribution in [3.63, 3.8) is 0 Å². The molecule has 1 saturated heterocycles. The number of carbonyl (C=O) groups is 1. The van der Waals surface area contributed by atoms with E-state index in [1.54, 1.807) is 12.1 Å². The summed E-state index contributed by atoms with van der Waals surface area (Å²) in [5.74, 6) is -0.0603. The number of carbonyl (C=O) groups excluding carboxylic acids is 1. The lowest BCUT2D eigenvalue weighted by molar-refractivity contribution is -0.122. The van der Waals surface area contributed by atoms with E-state index >= 15 is 0 Å². The average molecular weight is 363 g/mol. The first-order chi connectivity index (χ1) is 12.0. The molecule has 0 bridgehead atoms. The number of aryl methyl sites for hydroxylation is 2. The Labute approximate surface area is 149 Å². The summed E-state index contributed by atoms with van der Waals surface area (Å²) in [6, 6.07) is 5.52. The van der Waals surface area contributed by atoms with Crippen molar-refractivity contribution in [2.75, 3.05) is 39.3 Å². The summed E-state index contributed by atoms with van der Waals surface area (Å²) >= 11 is 0. The van der Waals surface area contributed by atoms with Crippen LogP contribution < -0.4 is 5.32 Å². The zero-order chi connectivity index (χ0) is 17.9. The third kappa shape index (κ3) is 4.11. The molecule has 2 aliphatic rings. The predicted octanol–water partition coefficient (Wildman–Crippen LogP) is 0.784. The molecule has 3 rings (SSSR count). The van der Waals surface area contributed by atoms with Gasteiger partial charge in [-0.1, -0.05) is 12.1 Å². The molecule has 0 radical (unpaired) electrons. The number of nitrogens with one attached hydrogen (secondary N) is 1. The largest absolute Gasteiger partial charge is 0.352 e. The van der Waals surface area contributed by atoms with Gasteiger partial charge in [0, 0.05) is 32.7 Å². The van der Waals surface area contributed by atoms with Gasteiger partial charge in [-0.3, -0.25) is 9.69 Å². The summed E-state index contributed by atoms with van der Waals surface area (Å²) in [4.78, 5) is 14.1. The van der Waals surface area contributed by atoms with Crippen LogP contribution in [0.1, 0.15) is 17.5 Å². The molecule has 0 atom stereocenters. The molecule has 0 saturated carbocycles. The minimum atomic E-state index is -3.46. The van der Waals surface area contributed by atoms with E-state index in [-0.39, 0.29) is 5.91 Å². The van der Waals surface area contributed by atoms with E-state index < -0.39 is 10.0 Å². The molecule has 1 N–H and O–H groups in total. The van der Waals surface area contributed by atoms with Crippen molar-refractivity contribution in [1.82, 2.24) is 14.5 Å². The Bertz CT molecular complexity index is 753. The molecule has 1 amide bonds. The van der Waals surface area contributed by atoms with Gasteiger partial charge in [-0.2, -0.15) is 4.31 Å². The number of rotatable bonds is 6. The van der Waals surface area contributed by atoms with Crippen molar-refractivity contribution >= 4 is 15.9 Å². The molecule has 1 aliphatic heterocycles. The summed E-state index contributed by atoms with van der Waals surface area (Å²) in [6.07, 6.45) is 4.75. The number of nitrogens with zero attached hydrogens (tertiary/aromatic N) is 2. The van der Waals surface area contributed by atoms with Gasteiger partial charge in [-0.15, -0.1) is 6.58 Å². The molecule has 1 fully saturated rings. The van der Waals surface area contributed by atoms with Gasteiger partial charge in [-0.05, 0) is 42.5 Å². The van der Waals surface area contributed by atoms with Crippen LogP contribution in [0.15, 0.2) is 35.7 Å². The van der Waals surface area contributed by atoms with Gasteiger partial charge in [0.2, 0.25) is 15.9 Å². The van der Waals surface area contributed by atoms with Gasteiger partial charge in [0.1, 0.15) is 0 Å². The third-order valence-corrected chi connectivity index (χ3v) is 6.74. The maximum atomic E-state index is 12.9. The second-order valence-corrected chi connectivity index (χ2v) is 8.49. The first-order valence-corrected chi connectivity index (χ1v) is 10.2. The van der Waals surface area contributed by atoms with Crippen LogP contribution in [0.2, 0.25) is 0 Å². The smallest absolute Gasteiger partial charge is 0.243 e.